The van der Waals surface area contributed by atoms with Gasteiger partial charge in [-0.05, 0) is 51.2 Å². The Morgan fingerprint density at radius 2 is 2.29 bits per heavy atom. The number of nitrogens with one attached hydrogen (secondary N) is 1. The van der Waals surface area contributed by atoms with Crippen LogP contribution >= 0.6 is 0 Å². The summed E-state index contributed by atoms with van der Waals surface area (Å²) in [5.74, 6) is 0.494. The highest BCUT2D eigenvalue weighted by molar-refractivity contribution is 5.79. The third-order valence-corrected chi connectivity index (χ3v) is 3.56. The summed E-state index contributed by atoms with van der Waals surface area (Å²) in [4.78, 5) is 13.7. The molecule has 0 aliphatic carbocycles. The number of amides is 1. The molecule has 1 rings (SSSR count). The second kappa shape index (κ2) is 7.67. The third-order valence-electron chi connectivity index (χ3n) is 3.56. The SMILES string of the molecule is CCCN(CC1CCCNC1)C(CC)C(N)=O. The van der Waals surface area contributed by atoms with Crippen LogP contribution < -0.4 is 11.1 Å². The molecule has 1 saturated heterocycles. The number of hydrogen-bond acceptors (Lipinski definition) is 3. The Balaban J connectivity index is 2.53. The van der Waals surface area contributed by atoms with Gasteiger partial charge in [0.1, 0.15) is 0 Å². The molecule has 2 atom stereocenters. The Hall–Kier alpha value is -0.610. The van der Waals surface area contributed by atoms with Gasteiger partial charge in [0, 0.05) is 6.54 Å². The van der Waals surface area contributed by atoms with E-state index in [-0.39, 0.29) is 11.9 Å². The first-order valence-electron chi connectivity index (χ1n) is 6.93. The van der Waals surface area contributed by atoms with Gasteiger partial charge in [-0.15, -0.1) is 0 Å². The van der Waals surface area contributed by atoms with Crippen molar-refractivity contribution >= 4 is 5.91 Å². The van der Waals surface area contributed by atoms with E-state index in [1.165, 1.54) is 12.8 Å². The number of hydrogen-bond donors (Lipinski definition) is 2. The number of carbonyl (C=O) groups excluding carboxylic acids is 1. The first kappa shape index (κ1) is 14.5. The van der Waals surface area contributed by atoms with E-state index >= 15 is 0 Å². The van der Waals surface area contributed by atoms with Crippen molar-refractivity contribution < 1.29 is 4.79 Å². The van der Waals surface area contributed by atoms with Gasteiger partial charge in [0.2, 0.25) is 5.91 Å². The molecule has 0 radical (unpaired) electrons. The molecule has 1 amide bonds. The van der Waals surface area contributed by atoms with Crippen LogP contribution in [0.3, 0.4) is 0 Å². The summed E-state index contributed by atoms with van der Waals surface area (Å²) in [6.07, 6.45) is 4.40. The Morgan fingerprint density at radius 3 is 2.76 bits per heavy atom. The molecular formula is C13H27N3O. The zero-order valence-corrected chi connectivity index (χ0v) is 11.2. The monoisotopic (exact) mass is 241 g/mol. The van der Waals surface area contributed by atoms with Crippen LogP contribution in [-0.4, -0.2) is 43.0 Å². The molecule has 0 spiro atoms. The second-order valence-electron chi connectivity index (χ2n) is 5.03. The molecule has 0 aromatic heterocycles. The minimum atomic E-state index is -0.176. The molecule has 0 aromatic rings. The molecule has 1 aliphatic heterocycles. The van der Waals surface area contributed by atoms with Gasteiger partial charge in [-0.2, -0.15) is 0 Å². The predicted octanol–water partition coefficient (Wildman–Crippen LogP) is 0.962. The van der Waals surface area contributed by atoms with Crippen molar-refractivity contribution in [1.29, 1.82) is 0 Å². The van der Waals surface area contributed by atoms with Crippen molar-refractivity contribution in [2.45, 2.75) is 45.6 Å². The van der Waals surface area contributed by atoms with Crippen molar-refractivity contribution in [2.75, 3.05) is 26.2 Å². The minimum Gasteiger partial charge on any atom is -0.368 e. The van der Waals surface area contributed by atoms with Gasteiger partial charge in [0.05, 0.1) is 6.04 Å². The molecule has 1 fully saturated rings. The Morgan fingerprint density at radius 1 is 1.53 bits per heavy atom. The summed E-state index contributed by atoms with van der Waals surface area (Å²) in [6, 6.07) is -0.0862. The van der Waals surface area contributed by atoms with Gasteiger partial charge in [-0.3, -0.25) is 9.69 Å². The van der Waals surface area contributed by atoms with E-state index in [9.17, 15) is 4.79 Å². The van der Waals surface area contributed by atoms with Crippen LogP contribution in [0.4, 0.5) is 0 Å². The van der Waals surface area contributed by atoms with Crippen LogP contribution in [-0.2, 0) is 4.79 Å². The van der Waals surface area contributed by atoms with Gasteiger partial charge in [-0.1, -0.05) is 13.8 Å². The molecule has 100 valence electrons. The highest BCUT2D eigenvalue weighted by Crippen LogP contribution is 2.15. The Labute approximate surface area is 105 Å². The number of carbonyl (C=O) groups is 1. The fourth-order valence-electron chi connectivity index (χ4n) is 2.71. The topological polar surface area (TPSA) is 58.4 Å². The van der Waals surface area contributed by atoms with Crippen molar-refractivity contribution in [2.24, 2.45) is 11.7 Å². The molecule has 1 heterocycles. The predicted molar refractivity (Wildman–Crippen MR) is 70.7 cm³/mol. The highest BCUT2D eigenvalue weighted by atomic mass is 16.1. The maximum atomic E-state index is 11.5. The summed E-state index contributed by atoms with van der Waals surface area (Å²) in [7, 11) is 0. The average Bonchev–Trinajstić information content (AvgIpc) is 2.31. The quantitative estimate of drug-likeness (QED) is 0.698. The molecule has 0 bridgehead atoms. The van der Waals surface area contributed by atoms with Crippen molar-refractivity contribution in [3.05, 3.63) is 0 Å². The van der Waals surface area contributed by atoms with E-state index < -0.39 is 0 Å². The first-order valence-corrected chi connectivity index (χ1v) is 6.93. The highest BCUT2D eigenvalue weighted by Gasteiger charge is 2.24. The molecule has 0 aromatic carbocycles. The molecule has 0 saturated carbocycles. The van der Waals surface area contributed by atoms with Crippen molar-refractivity contribution in [3.8, 4) is 0 Å². The Bertz CT molecular complexity index is 227. The lowest BCUT2D eigenvalue weighted by Gasteiger charge is -2.33. The fraction of sp³-hybridized carbons (Fsp3) is 0.923. The summed E-state index contributed by atoms with van der Waals surface area (Å²) in [5.41, 5.74) is 5.49. The molecule has 4 nitrogen and oxygen atoms in total. The van der Waals surface area contributed by atoms with Crippen molar-refractivity contribution in [1.82, 2.24) is 10.2 Å². The molecule has 1 aliphatic rings. The Kier molecular flexibility index (Phi) is 6.52. The van der Waals surface area contributed by atoms with E-state index in [2.05, 4.69) is 17.1 Å². The van der Waals surface area contributed by atoms with Crippen LogP contribution in [0.5, 0.6) is 0 Å². The van der Waals surface area contributed by atoms with Gasteiger partial charge in [0.25, 0.3) is 0 Å². The zero-order valence-electron chi connectivity index (χ0n) is 11.2. The van der Waals surface area contributed by atoms with Crippen LogP contribution in [0, 0.1) is 5.92 Å². The van der Waals surface area contributed by atoms with E-state index in [0.29, 0.717) is 5.92 Å². The van der Waals surface area contributed by atoms with E-state index in [1.807, 2.05) is 6.92 Å². The molecular weight excluding hydrogens is 214 g/mol. The average molecular weight is 241 g/mol. The molecule has 2 unspecified atom stereocenters. The number of primary amides is 1. The first-order chi connectivity index (χ1) is 8.19. The largest absolute Gasteiger partial charge is 0.368 e. The number of nitrogens with zero attached hydrogens (tertiary/aromatic N) is 1. The minimum absolute atomic E-state index is 0.0862. The normalized spacial score (nSPS) is 22.6. The smallest absolute Gasteiger partial charge is 0.234 e. The van der Waals surface area contributed by atoms with Gasteiger partial charge in [0.15, 0.2) is 0 Å². The third kappa shape index (κ3) is 4.64. The number of piperidine rings is 1. The van der Waals surface area contributed by atoms with Gasteiger partial charge < -0.3 is 11.1 Å². The van der Waals surface area contributed by atoms with Crippen LogP contribution in [0.1, 0.15) is 39.5 Å². The molecule has 4 heteroatoms. The maximum absolute atomic E-state index is 11.5. The lowest BCUT2D eigenvalue weighted by molar-refractivity contribution is -0.123. The van der Waals surface area contributed by atoms with Crippen molar-refractivity contribution in [3.63, 3.8) is 0 Å². The van der Waals surface area contributed by atoms with Crippen LogP contribution in [0.2, 0.25) is 0 Å². The lowest BCUT2D eigenvalue weighted by Crippen LogP contribution is -2.48. The fourth-order valence-corrected chi connectivity index (χ4v) is 2.71. The number of rotatable bonds is 7. The maximum Gasteiger partial charge on any atom is 0.234 e. The molecule has 17 heavy (non-hydrogen) atoms. The van der Waals surface area contributed by atoms with E-state index in [0.717, 1.165) is 39.0 Å². The standard InChI is InChI=1S/C13H27N3O/c1-3-8-16(12(4-2)13(14)17)10-11-6-5-7-15-9-11/h11-12,15H,3-10H2,1-2H3,(H2,14,17). The summed E-state index contributed by atoms with van der Waals surface area (Å²) in [6.45, 7) is 8.38. The zero-order chi connectivity index (χ0) is 12.7. The van der Waals surface area contributed by atoms with E-state index in [4.69, 9.17) is 5.73 Å². The molecule has 3 N–H and O–H groups in total. The summed E-state index contributed by atoms with van der Waals surface area (Å²) >= 11 is 0. The van der Waals surface area contributed by atoms with Crippen LogP contribution in [0.15, 0.2) is 0 Å². The second-order valence-corrected chi connectivity index (χ2v) is 5.03. The summed E-state index contributed by atoms with van der Waals surface area (Å²) < 4.78 is 0. The lowest BCUT2D eigenvalue weighted by atomic mass is 9.98. The van der Waals surface area contributed by atoms with Crippen LogP contribution in [0.25, 0.3) is 0 Å². The van der Waals surface area contributed by atoms with Gasteiger partial charge in [-0.25, -0.2) is 0 Å². The number of nitrogens with two attached hydrogens (primary N) is 1. The van der Waals surface area contributed by atoms with Gasteiger partial charge >= 0.3 is 0 Å². The summed E-state index contributed by atoms with van der Waals surface area (Å²) in [5, 5.41) is 3.43. The van der Waals surface area contributed by atoms with E-state index in [1.54, 1.807) is 0 Å².